The second kappa shape index (κ2) is 10.4. The van der Waals surface area contributed by atoms with Crippen LogP contribution in [-0.4, -0.2) is 58.9 Å². The van der Waals surface area contributed by atoms with Gasteiger partial charge in [0.15, 0.2) is 9.84 Å². The van der Waals surface area contributed by atoms with E-state index in [4.69, 9.17) is 0 Å². The summed E-state index contributed by atoms with van der Waals surface area (Å²) in [5.41, 5.74) is 2.16. The van der Waals surface area contributed by atoms with Crippen LogP contribution in [0.25, 0.3) is 11.1 Å². The summed E-state index contributed by atoms with van der Waals surface area (Å²) in [6.45, 7) is 1.98. The predicted molar refractivity (Wildman–Crippen MR) is 140 cm³/mol. The van der Waals surface area contributed by atoms with Crippen LogP contribution in [0.1, 0.15) is 23.7 Å². The summed E-state index contributed by atoms with van der Waals surface area (Å²) in [5, 5.41) is 2.59. The van der Waals surface area contributed by atoms with Crippen LogP contribution in [0, 0.1) is 0 Å². The fourth-order valence-electron chi connectivity index (χ4n) is 4.25. The third-order valence-electron chi connectivity index (χ3n) is 6.01. The molecule has 1 heterocycles. The van der Waals surface area contributed by atoms with Crippen molar-refractivity contribution in [3.05, 3.63) is 78.4 Å². The van der Waals surface area contributed by atoms with Gasteiger partial charge in [-0.2, -0.15) is 0 Å². The summed E-state index contributed by atoms with van der Waals surface area (Å²) >= 11 is 0. The predicted octanol–water partition coefficient (Wildman–Crippen LogP) is 2.91. The average molecular weight is 542 g/mol. The van der Waals surface area contributed by atoms with E-state index >= 15 is 0 Å². The zero-order chi connectivity index (χ0) is 26.8. The lowest BCUT2D eigenvalue weighted by Crippen LogP contribution is -2.38. The lowest BCUT2D eigenvalue weighted by Gasteiger charge is -2.18. The topological polar surface area (TPSA) is 130 Å². The lowest BCUT2D eigenvalue weighted by molar-refractivity contribution is -0.114. The van der Waals surface area contributed by atoms with E-state index in [2.05, 4.69) is 10.0 Å². The number of amides is 2. The first-order valence-corrected chi connectivity index (χ1v) is 14.9. The average Bonchev–Trinajstić information content (AvgIpc) is 3.31. The van der Waals surface area contributed by atoms with E-state index in [1.165, 1.54) is 31.2 Å². The molecule has 1 saturated heterocycles. The molecule has 2 N–H and O–H groups in total. The zero-order valence-corrected chi connectivity index (χ0v) is 22.0. The Morgan fingerprint density at radius 2 is 1.54 bits per heavy atom. The molecule has 9 nitrogen and oxygen atoms in total. The molecule has 4 rings (SSSR count). The van der Waals surface area contributed by atoms with Crippen LogP contribution in [0.5, 0.6) is 0 Å². The molecule has 3 aromatic carbocycles. The second-order valence-corrected chi connectivity index (χ2v) is 12.6. The van der Waals surface area contributed by atoms with Crippen molar-refractivity contribution in [1.29, 1.82) is 0 Å². The number of sulfone groups is 1. The summed E-state index contributed by atoms with van der Waals surface area (Å²) in [7, 11) is -7.22. The largest absolute Gasteiger partial charge is 0.337 e. The number of hydrogen-bond donors (Lipinski definition) is 2. The quantitative estimate of drug-likeness (QED) is 0.473. The Hall–Kier alpha value is -3.54. The molecule has 0 bridgehead atoms. The molecule has 37 heavy (non-hydrogen) atoms. The van der Waals surface area contributed by atoms with E-state index in [1.807, 2.05) is 0 Å². The van der Waals surface area contributed by atoms with Crippen molar-refractivity contribution in [2.45, 2.75) is 29.2 Å². The third-order valence-corrected chi connectivity index (χ3v) is 8.70. The van der Waals surface area contributed by atoms with E-state index in [9.17, 15) is 26.4 Å². The first kappa shape index (κ1) is 26.5. The molecule has 0 aliphatic carbocycles. The smallest absolute Gasteiger partial charge is 0.253 e. The molecule has 0 aromatic heterocycles. The monoisotopic (exact) mass is 541 g/mol. The van der Waals surface area contributed by atoms with Crippen LogP contribution >= 0.6 is 0 Å². The third kappa shape index (κ3) is 6.24. The molecule has 1 fully saturated rings. The number of anilines is 1. The Kier molecular flexibility index (Phi) is 7.49. The van der Waals surface area contributed by atoms with Crippen molar-refractivity contribution in [2.24, 2.45) is 0 Å². The van der Waals surface area contributed by atoms with Gasteiger partial charge in [0.2, 0.25) is 15.9 Å². The summed E-state index contributed by atoms with van der Waals surface area (Å²) in [6, 6.07) is 18.8. The highest BCUT2D eigenvalue weighted by atomic mass is 32.2. The first-order valence-electron chi connectivity index (χ1n) is 11.5. The molecule has 0 radical (unpaired) electrons. The van der Waals surface area contributed by atoms with E-state index in [1.54, 1.807) is 53.4 Å². The second-order valence-electron chi connectivity index (χ2n) is 8.91. The number of likely N-dealkylation sites (tertiary alicyclic amines) is 1. The van der Waals surface area contributed by atoms with Gasteiger partial charge in [-0.1, -0.05) is 30.3 Å². The summed E-state index contributed by atoms with van der Waals surface area (Å²) in [4.78, 5) is 26.1. The number of rotatable bonds is 7. The molecule has 1 unspecified atom stereocenters. The molecular weight excluding hydrogens is 514 g/mol. The Labute approximate surface area is 216 Å². The highest BCUT2D eigenvalue weighted by Crippen LogP contribution is 2.28. The van der Waals surface area contributed by atoms with Crippen molar-refractivity contribution < 1.29 is 26.4 Å². The maximum atomic E-state index is 13.0. The number of nitrogens with one attached hydrogen (secondary N) is 2. The highest BCUT2D eigenvalue weighted by Gasteiger charge is 2.30. The van der Waals surface area contributed by atoms with Crippen molar-refractivity contribution >= 4 is 37.4 Å². The first-order chi connectivity index (χ1) is 17.4. The van der Waals surface area contributed by atoms with Crippen molar-refractivity contribution in [3.63, 3.8) is 0 Å². The number of nitrogens with zero attached hydrogens (tertiary/aromatic N) is 1. The Bertz CT molecular complexity index is 1530. The number of benzene rings is 3. The Morgan fingerprint density at radius 1 is 0.892 bits per heavy atom. The van der Waals surface area contributed by atoms with Gasteiger partial charge in [0.05, 0.1) is 9.79 Å². The van der Waals surface area contributed by atoms with Crippen LogP contribution < -0.4 is 10.0 Å². The van der Waals surface area contributed by atoms with E-state index in [0.29, 0.717) is 35.3 Å². The van der Waals surface area contributed by atoms with Crippen LogP contribution in [-0.2, 0) is 24.7 Å². The van der Waals surface area contributed by atoms with E-state index < -0.39 is 25.9 Å². The molecule has 194 valence electrons. The Morgan fingerprint density at radius 3 is 2.16 bits per heavy atom. The number of carbonyl (C=O) groups excluding carboxylic acids is 2. The van der Waals surface area contributed by atoms with E-state index in [-0.39, 0.29) is 28.2 Å². The summed E-state index contributed by atoms with van der Waals surface area (Å²) < 4.78 is 52.5. The summed E-state index contributed by atoms with van der Waals surface area (Å²) in [6.07, 6.45) is 1.62. The molecule has 1 aliphatic heterocycles. The van der Waals surface area contributed by atoms with Gasteiger partial charge in [-0.15, -0.1) is 0 Å². The molecular formula is C26H27N3O6S2. The minimum atomic E-state index is -3.80. The van der Waals surface area contributed by atoms with Crippen LogP contribution in [0.4, 0.5) is 5.69 Å². The van der Waals surface area contributed by atoms with Gasteiger partial charge < -0.3 is 10.2 Å². The van der Waals surface area contributed by atoms with Gasteiger partial charge in [-0.05, 0) is 54.4 Å². The molecule has 1 atom stereocenters. The number of hydrogen-bond acceptors (Lipinski definition) is 6. The van der Waals surface area contributed by atoms with Gasteiger partial charge in [0.25, 0.3) is 5.91 Å². The van der Waals surface area contributed by atoms with Crippen molar-refractivity contribution in [1.82, 2.24) is 9.62 Å². The maximum absolute atomic E-state index is 13.0. The van der Waals surface area contributed by atoms with Gasteiger partial charge >= 0.3 is 0 Å². The van der Waals surface area contributed by atoms with Crippen LogP contribution in [0.3, 0.4) is 0 Å². The molecule has 1 aliphatic rings. The molecule has 3 aromatic rings. The minimum Gasteiger partial charge on any atom is -0.337 e. The highest BCUT2D eigenvalue weighted by molar-refractivity contribution is 7.90. The van der Waals surface area contributed by atoms with Gasteiger partial charge in [-0.3, -0.25) is 9.59 Å². The normalized spacial score (nSPS) is 15.9. The van der Waals surface area contributed by atoms with Crippen molar-refractivity contribution in [3.8, 4) is 11.1 Å². The molecule has 11 heteroatoms. The molecule has 0 saturated carbocycles. The SMILES string of the molecule is CC(=O)Nc1ccc(S(=O)(=O)NC2CCN(C(=O)c3ccc(-c4ccccc4S(C)(=O)=O)cc3)C2)cc1. The molecule has 0 spiro atoms. The fourth-order valence-corrected chi connectivity index (χ4v) is 6.43. The number of sulfonamides is 1. The minimum absolute atomic E-state index is 0.0661. The van der Waals surface area contributed by atoms with Gasteiger partial charge in [0.1, 0.15) is 0 Å². The Balaban J connectivity index is 1.42. The maximum Gasteiger partial charge on any atom is 0.253 e. The summed E-state index contributed by atoms with van der Waals surface area (Å²) in [5.74, 6) is -0.484. The van der Waals surface area contributed by atoms with E-state index in [0.717, 1.165) is 6.26 Å². The standard InChI is InChI=1S/C26H27N3O6S2/c1-18(30)27-21-11-13-23(14-12-21)37(34,35)28-22-15-16-29(17-22)26(31)20-9-7-19(8-10-20)24-5-3-4-6-25(24)36(2,32)33/h3-14,22,28H,15-17H2,1-2H3,(H,27,30). The molecule has 2 amide bonds. The van der Waals surface area contributed by atoms with Crippen LogP contribution in [0.2, 0.25) is 0 Å². The van der Waals surface area contributed by atoms with Crippen molar-refractivity contribution in [2.75, 3.05) is 24.7 Å². The van der Waals surface area contributed by atoms with Gasteiger partial charge in [0, 0.05) is 49.1 Å². The lowest BCUT2D eigenvalue weighted by atomic mass is 10.0. The number of carbonyl (C=O) groups is 2. The van der Waals surface area contributed by atoms with Crippen LogP contribution in [0.15, 0.2) is 82.6 Å². The fraction of sp³-hybridized carbons (Fsp3) is 0.231. The zero-order valence-electron chi connectivity index (χ0n) is 20.3. The van der Waals surface area contributed by atoms with Gasteiger partial charge in [-0.25, -0.2) is 21.6 Å².